The summed E-state index contributed by atoms with van der Waals surface area (Å²) in [5.74, 6) is -0.465. The van der Waals surface area contributed by atoms with Gasteiger partial charge in [0.05, 0.1) is 0 Å². The van der Waals surface area contributed by atoms with Crippen LogP contribution in [0.2, 0.25) is 0 Å². The molecule has 3 rings (SSSR count). The van der Waals surface area contributed by atoms with E-state index in [0.717, 1.165) is 4.90 Å². The molecule has 2 heterocycles. The Kier molecular flexibility index (Phi) is 4.64. The number of imide groups is 1. The number of piperidine rings is 1. The number of carbonyl (C=O) groups is 3. The summed E-state index contributed by atoms with van der Waals surface area (Å²) in [5.41, 5.74) is 0. The molecule has 2 aliphatic rings. The highest BCUT2D eigenvalue weighted by Gasteiger charge is 2.38. The molecule has 0 unspecified atom stereocenters. The molecule has 2 aliphatic heterocycles. The highest BCUT2D eigenvalue weighted by Crippen LogP contribution is 2.21. The Hall–Kier alpha value is -2.64. The predicted molar refractivity (Wildman–Crippen MR) is 79.7 cm³/mol. The van der Waals surface area contributed by atoms with Crippen LogP contribution in [0.4, 0.5) is 9.18 Å². The molecule has 1 aromatic carbocycles. The van der Waals surface area contributed by atoms with Gasteiger partial charge in [0.15, 0.2) is 13.2 Å². The Labute approximate surface area is 137 Å². The van der Waals surface area contributed by atoms with E-state index in [-0.39, 0.29) is 36.9 Å². The monoisotopic (exact) mass is 336 g/mol. The lowest BCUT2D eigenvalue weighted by Crippen LogP contribution is -2.49. The lowest BCUT2D eigenvalue weighted by atomic mass is 10.0. The Bertz CT molecular complexity index is 624. The first-order valence-electron chi connectivity index (χ1n) is 7.69. The summed E-state index contributed by atoms with van der Waals surface area (Å²) in [5, 5.41) is 0. The van der Waals surface area contributed by atoms with E-state index in [1.807, 2.05) is 0 Å². The standard InChI is InChI=1S/C16H17FN2O5/c17-11-1-3-13(4-2-11)23-9-14(20)18-7-5-12(6-8-18)19-15(21)10-24-16(19)22/h1-4,12H,5-10H2. The van der Waals surface area contributed by atoms with Gasteiger partial charge in [-0.25, -0.2) is 14.1 Å². The molecule has 2 fully saturated rings. The Morgan fingerprint density at radius 3 is 2.46 bits per heavy atom. The van der Waals surface area contributed by atoms with Crippen LogP contribution in [0.5, 0.6) is 5.75 Å². The van der Waals surface area contributed by atoms with Crippen LogP contribution in [0, 0.1) is 5.82 Å². The van der Waals surface area contributed by atoms with Gasteiger partial charge in [0.1, 0.15) is 11.6 Å². The fourth-order valence-electron chi connectivity index (χ4n) is 2.86. The third kappa shape index (κ3) is 3.47. The maximum atomic E-state index is 12.8. The second kappa shape index (κ2) is 6.86. The first-order chi connectivity index (χ1) is 11.5. The summed E-state index contributed by atoms with van der Waals surface area (Å²) in [6.45, 7) is 0.533. The van der Waals surface area contributed by atoms with Crippen LogP contribution < -0.4 is 4.74 Å². The van der Waals surface area contributed by atoms with Crippen molar-refractivity contribution in [2.45, 2.75) is 18.9 Å². The van der Waals surface area contributed by atoms with Crippen LogP contribution >= 0.6 is 0 Å². The molecular formula is C16H17FN2O5. The molecule has 0 aliphatic carbocycles. The van der Waals surface area contributed by atoms with Gasteiger partial charge in [0.2, 0.25) is 0 Å². The van der Waals surface area contributed by atoms with Crippen LogP contribution in [0.25, 0.3) is 0 Å². The van der Waals surface area contributed by atoms with Crippen molar-refractivity contribution in [2.24, 2.45) is 0 Å². The molecule has 1 aromatic rings. The number of hydrogen-bond donors (Lipinski definition) is 0. The van der Waals surface area contributed by atoms with Gasteiger partial charge in [0.25, 0.3) is 11.8 Å². The normalized spacial score (nSPS) is 18.7. The zero-order valence-corrected chi connectivity index (χ0v) is 12.9. The van der Waals surface area contributed by atoms with E-state index in [2.05, 4.69) is 0 Å². The van der Waals surface area contributed by atoms with Gasteiger partial charge in [-0.3, -0.25) is 9.59 Å². The third-order valence-corrected chi connectivity index (χ3v) is 4.14. The van der Waals surface area contributed by atoms with Crippen LogP contribution in [-0.4, -0.2) is 60.1 Å². The summed E-state index contributed by atoms with van der Waals surface area (Å²) in [7, 11) is 0. The minimum absolute atomic E-state index is 0.138. The Morgan fingerprint density at radius 2 is 1.88 bits per heavy atom. The molecule has 0 spiro atoms. The topological polar surface area (TPSA) is 76.2 Å². The number of rotatable bonds is 4. The van der Waals surface area contributed by atoms with Crippen molar-refractivity contribution >= 4 is 17.9 Å². The van der Waals surface area contributed by atoms with Gasteiger partial charge in [-0.15, -0.1) is 0 Å². The minimum atomic E-state index is -0.607. The van der Waals surface area contributed by atoms with Gasteiger partial charge in [-0.1, -0.05) is 0 Å². The quantitative estimate of drug-likeness (QED) is 0.825. The highest BCUT2D eigenvalue weighted by atomic mass is 19.1. The van der Waals surface area contributed by atoms with Crippen molar-refractivity contribution in [3.8, 4) is 5.75 Å². The molecule has 0 saturated carbocycles. The van der Waals surface area contributed by atoms with Gasteiger partial charge in [-0.2, -0.15) is 0 Å². The van der Waals surface area contributed by atoms with Crippen LogP contribution in [0.1, 0.15) is 12.8 Å². The van der Waals surface area contributed by atoms with Gasteiger partial charge in [0, 0.05) is 19.1 Å². The molecule has 3 amide bonds. The number of likely N-dealkylation sites (tertiary alicyclic amines) is 1. The largest absolute Gasteiger partial charge is 0.484 e. The molecule has 0 N–H and O–H groups in total. The number of benzene rings is 1. The number of amides is 3. The summed E-state index contributed by atoms with van der Waals surface area (Å²) in [6.07, 6.45) is 0.427. The van der Waals surface area contributed by atoms with Crippen LogP contribution in [-0.2, 0) is 14.3 Å². The first-order valence-corrected chi connectivity index (χ1v) is 7.69. The lowest BCUT2D eigenvalue weighted by molar-refractivity contribution is -0.135. The average molecular weight is 336 g/mol. The second-order valence-corrected chi connectivity index (χ2v) is 5.67. The van der Waals surface area contributed by atoms with E-state index in [0.29, 0.717) is 31.7 Å². The number of halogens is 1. The van der Waals surface area contributed by atoms with Crippen molar-refractivity contribution < 1.29 is 28.2 Å². The summed E-state index contributed by atoms with van der Waals surface area (Å²) < 4.78 is 22.9. The fourth-order valence-corrected chi connectivity index (χ4v) is 2.86. The van der Waals surface area contributed by atoms with E-state index in [4.69, 9.17) is 9.47 Å². The molecule has 0 aromatic heterocycles. The van der Waals surface area contributed by atoms with E-state index in [1.54, 1.807) is 4.90 Å². The Morgan fingerprint density at radius 1 is 1.21 bits per heavy atom. The first kappa shape index (κ1) is 16.2. The van der Waals surface area contributed by atoms with Crippen molar-refractivity contribution in [3.63, 3.8) is 0 Å². The van der Waals surface area contributed by atoms with Crippen molar-refractivity contribution in [1.29, 1.82) is 0 Å². The third-order valence-electron chi connectivity index (χ3n) is 4.14. The number of nitrogens with zero attached hydrogens (tertiary/aromatic N) is 2. The van der Waals surface area contributed by atoms with E-state index in [9.17, 15) is 18.8 Å². The second-order valence-electron chi connectivity index (χ2n) is 5.67. The summed E-state index contributed by atoms with van der Waals surface area (Å²) >= 11 is 0. The molecule has 24 heavy (non-hydrogen) atoms. The molecule has 2 saturated heterocycles. The maximum Gasteiger partial charge on any atom is 0.417 e. The molecule has 128 valence electrons. The zero-order valence-electron chi connectivity index (χ0n) is 12.9. The van der Waals surface area contributed by atoms with Crippen molar-refractivity contribution in [3.05, 3.63) is 30.1 Å². The average Bonchev–Trinajstić information content (AvgIpc) is 2.93. The van der Waals surface area contributed by atoms with Gasteiger partial charge < -0.3 is 14.4 Å². The molecule has 8 heteroatoms. The van der Waals surface area contributed by atoms with Gasteiger partial charge >= 0.3 is 6.09 Å². The molecule has 0 radical (unpaired) electrons. The maximum absolute atomic E-state index is 12.8. The fraction of sp³-hybridized carbons (Fsp3) is 0.438. The summed E-state index contributed by atoms with van der Waals surface area (Å²) in [6, 6.07) is 5.21. The smallest absolute Gasteiger partial charge is 0.417 e. The van der Waals surface area contributed by atoms with Gasteiger partial charge in [-0.05, 0) is 37.1 Å². The predicted octanol–water partition coefficient (Wildman–Crippen LogP) is 1.17. The van der Waals surface area contributed by atoms with Crippen LogP contribution in [0.3, 0.4) is 0 Å². The SMILES string of the molecule is O=C(COc1ccc(F)cc1)N1CCC(N2C(=O)COC2=O)CC1. The van der Waals surface area contributed by atoms with E-state index >= 15 is 0 Å². The minimum Gasteiger partial charge on any atom is -0.484 e. The number of hydrogen-bond acceptors (Lipinski definition) is 5. The summed E-state index contributed by atoms with van der Waals surface area (Å²) in [4.78, 5) is 38.1. The Balaban J connectivity index is 1.47. The number of ether oxygens (including phenoxy) is 2. The van der Waals surface area contributed by atoms with E-state index < -0.39 is 6.09 Å². The molecule has 7 nitrogen and oxygen atoms in total. The lowest BCUT2D eigenvalue weighted by Gasteiger charge is -2.34. The van der Waals surface area contributed by atoms with Crippen molar-refractivity contribution in [2.75, 3.05) is 26.3 Å². The van der Waals surface area contributed by atoms with E-state index in [1.165, 1.54) is 24.3 Å². The molecular weight excluding hydrogens is 319 g/mol. The number of cyclic esters (lactones) is 1. The zero-order chi connectivity index (χ0) is 17.1. The number of carbonyl (C=O) groups excluding carboxylic acids is 3. The van der Waals surface area contributed by atoms with Crippen molar-refractivity contribution in [1.82, 2.24) is 9.80 Å². The molecule has 0 atom stereocenters. The molecule has 0 bridgehead atoms. The highest BCUT2D eigenvalue weighted by molar-refractivity contribution is 5.98. The van der Waals surface area contributed by atoms with Crippen LogP contribution in [0.15, 0.2) is 24.3 Å².